The third kappa shape index (κ3) is 6.28. The van der Waals surface area contributed by atoms with Crippen LogP contribution in [0.4, 0.5) is 15.3 Å². The maximum Gasteiger partial charge on any atom is 0.322 e. The summed E-state index contributed by atoms with van der Waals surface area (Å²) in [7, 11) is 2.16. The fraction of sp³-hybridized carbons (Fsp3) is 0.559. The summed E-state index contributed by atoms with van der Waals surface area (Å²) in [5.41, 5.74) is 1.45. The molecule has 2 aromatic carbocycles. The first kappa shape index (κ1) is 33.2. The molecule has 0 bridgehead atoms. The van der Waals surface area contributed by atoms with Crippen LogP contribution in [0.25, 0.3) is 0 Å². The van der Waals surface area contributed by atoms with Crippen molar-refractivity contribution in [2.45, 2.75) is 62.8 Å². The van der Waals surface area contributed by atoms with Crippen LogP contribution in [0.1, 0.15) is 43.2 Å². The van der Waals surface area contributed by atoms with E-state index in [0.29, 0.717) is 60.5 Å². The van der Waals surface area contributed by atoms with Gasteiger partial charge in [-0.15, -0.1) is 0 Å². The van der Waals surface area contributed by atoms with Gasteiger partial charge in [-0.1, -0.05) is 47.5 Å². The lowest BCUT2D eigenvalue weighted by molar-refractivity contribution is -0.956. The lowest BCUT2D eigenvalue weighted by Crippen LogP contribution is -2.81. The van der Waals surface area contributed by atoms with Crippen molar-refractivity contribution in [3.63, 3.8) is 0 Å². The highest BCUT2D eigenvalue weighted by atomic mass is 35.5. The zero-order valence-corrected chi connectivity index (χ0v) is 28.0. The summed E-state index contributed by atoms with van der Waals surface area (Å²) in [6.45, 7) is 5.76. The molecule has 6 rings (SSSR count). The number of benzene rings is 2. The van der Waals surface area contributed by atoms with Gasteiger partial charge in [0.25, 0.3) is 6.09 Å². The molecule has 0 aliphatic carbocycles. The van der Waals surface area contributed by atoms with Gasteiger partial charge in [0.1, 0.15) is 12.8 Å². The molecule has 4 heterocycles. The van der Waals surface area contributed by atoms with Gasteiger partial charge in [-0.25, -0.2) is 9.69 Å². The Labute approximate surface area is 281 Å². The van der Waals surface area contributed by atoms with E-state index in [9.17, 15) is 19.5 Å². The number of aldehydes is 1. The number of para-hydroxylation sites is 1. The molecule has 4 aliphatic heterocycles. The fourth-order valence-electron chi connectivity index (χ4n) is 8.52. The van der Waals surface area contributed by atoms with Gasteiger partial charge < -0.3 is 29.8 Å². The first-order valence-corrected chi connectivity index (χ1v) is 17.2. The molecule has 12 heteroatoms. The van der Waals surface area contributed by atoms with Crippen LogP contribution in [-0.2, 0) is 17.8 Å². The van der Waals surface area contributed by atoms with Crippen molar-refractivity contribution in [2.75, 3.05) is 64.7 Å². The molecule has 10 nitrogen and oxygen atoms in total. The van der Waals surface area contributed by atoms with Gasteiger partial charge in [-0.05, 0) is 63.2 Å². The monoisotopic (exact) mass is 670 g/mol. The van der Waals surface area contributed by atoms with E-state index in [1.54, 1.807) is 18.2 Å². The molecule has 3 atom stereocenters. The number of rotatable bonds is 7. The Bertz CT molecular complexity index is 1450. The van der Waals surface area contributed by atoms with E-state index >= 15 is 0 Å². The molecule has 0 spiro atoms. The van der Waals surface area contributed by atoms with Crippen LogP contribution in [0.15, 0.2) is 42.5 Å². The SMILES string of the molecule is CN1CCC(N2CCN(C3(CC=O)CC(N4CCc5ccccc5NC4=O)CC[N@+]3(Cc3ccc(Cl)c(Cl)c3)C(=O)[O-])CC2)CC1. The minimum Gasteiger partial charge on any atom is -0.498 e. The van der Waals surface area contributed by atoms with E-state index in [1.165, 1.54) is 0 Å². The van der Waals surface area contributed by atoms with Gasteiger partial charge in [-0.3, -0.25) is 9.38 Å². The highest BCUT2D eigenvalue weighted by molar-refractivity contribution is 6.42. The number of nitrogens with zero attached hydrogens (tertiary/aromatic N) is 5. The largest absolute Gasteiger partial charge is 0.498 e. The quantitative estimate of drug-likeness (QED) is 0.352. The second-order valence-corrected chi connectivity index (χ2v) is 14.3. The Hall–Kier alpha value is -2.73. The van der Waals surface area contributed by atoms with Crippen LogP contribution in [0, 0.1) is 0 Å². The Balaban J connectivity index is 1.35. The Morgan fingerprint density at radius 3 is 2.43 bits per heavy atom. The molecule has 46 heavy (non-hydrogen) atoms. The van der Waals surface area contributed by atoms with Gasteiger partial charge >= 0.3 is 6.03 Å². The topological polar surface area (TPSA) is 99.3 Å². The average Bonchev–Trinajstić information content (AvgIpc) is 3.22. The molecular formula is C34H44Cl2N6O4. The van der Waals surface area contributed by atoms with Crippen molar-refractivity contribution >= 4 is 47.3 Å². The van der Waals surface area contributed by atoms with E-state index in [-0.39, 0.29) is 31.6 Å². The van der Waals surface area contributed by atoms with Gasteiger partial charge in [0, 0.05) is 68.9 Å². The van der Waals surface area contributed by atoms with Crippen LogP contribution in [-0.4, -0.2) is 120 Å². The van der Waals surface area contributed by atoms with Crippen molar-refractivity contribution < 1.29 is 24.0 Å². The van der Waals surface area contributed by atoms with Crippen LogP contribution >= 0.6 is 23.2 Å². The number of piperazine rings is 1. The summed E-state index contributed by atoms with van der Waals surface area (Å²) in [5, 5.41) is 17.4. The summed E-state index contributed by atoms with van der Waals surface area (Å²) < 4.78 is -0.440. The standard InChI is InChI=1S/C34H44Cl2N6O4/c1-38-13-9-27(10-14-38)39-16-18-40(19-17-39)34(12-21-43)23-28(41-15-8-26-4-2-3-5-31(26)37-32(41)44)11-20-42(34,33(45)46)24-25-6-7-29(35)30(36)22-25/h2-7,21-22,27-28H,8-20,23-24H2,1H3,(H-,37,44,45,46)/t28?,34?,42-/m0/s1. The maximum absolute atomic E-state index is 13.7. The molecule has 0 radical (unpaired) electrons. The number of amides is 3. The molecule has 3 fully saturated rings. The number of quaternary nitrogens is 1. The van der Waals surface area contributed by atoms with Crippen LogP contribution in [0.5, 0.6) is 0 Å². The molecular weight excluding hydrogens is 627 g/mol. The number of hydrogen-bond acceptors (Lipinski definition) is 7. The van der Waals surface area contributed by atoms with Crippen LogP contribution in [0.3, 0.4) is 0 Å². The highest BCUT2D eigenvalue weighted by Crippen LogP contribution is 2.45. The van der Waals surface area contributed by atoms with Gasteiger partial charge in [0.15, 0.2) is 5.66 Å². The van der Waals surface area contributed by atoms with Crippen molar-refractivity contribution in [3.8, 4) is 0 Å². The number of piperidine rings is 2. The third-order valence-corrected chi connectivity index (χ3v) is 11.8. The zero-order valence-electron chi connectivity index (χ0n) is 26.5. The minimum atomic E-state index is -1.23. The lowest BCUT2D eigenvalue weighted by Gasteiger charge is -2.62. The van der Waals surface area contributed by atoms with Gasteiger partial charge in [-0.2, -0.15) is 0 Å². The first-order chi connectivity index (χ1) is 22.2. The third-order valence-electron chi connectivity index (χ3n) is 11.1. The van der Waals surface area contributed by atoms with E-state index in [0.717, 1.165) is 56.6 Å². The van der Waals surface area contributed by atoms with Gasteiger partial charge in [0.2, 0.25) is 0 Å². The van der Waals surface area contributed by atoms with Crippen molar-refractivity contribution in [3.05, 3.63) is 63.6 Å². The number of nitrogens with one attached hydrogen (secondary N) is 1. The number of hydrogen-bond donors (Lipinski definition) is 1. The second-order valence-electron chi connectivity index (χ2n) is 13.5. The number of halogens is 2. The summed E-state index contributed by atoms with van der Waals surface area (Å²) in [6.07, 6.45) is 3.33. The average molecular weight is 672 g/mol. The molecule has 1 N–H and O–H groups in total. The first-order valence-electron chi connectivity index (χ1n) is 16.5. The summed E-state index contributed by atoms with van der Waals surface area (Å²) in [4.78, 5) is 49.0. The Kier molecular flexibility index (Phi) is 9.94. The van der Waals surface area contributed by atoms with E-state index in [4.69, 9.17) is 23.2 Å². The lowest BCUT2D eigenvalue weighted by atomic mass is 9.82. The van der Waals surface area contributed by atoms with Crippen LogP contribution in [0.2, 0.25) is 10.0 Å². The smallest absolute Gasteiger partial charge is 0.322 e. The number of carbonyl (C=O) groups is 3. The predicted molar refractivity (Wildman–Crippen MR) is 177 cm³/mol. The number of carbonyl (C=O) groups excluding carboxylic acids is 3. The number of carboxylic acid groups (broad SMARTS) is 1. The van der Waals surface area contributed by atoms with Gasteiger partial charge in [0.05, 0.1) is 23.0 Å². The summed E-state index contributed by atoms with van der Waals surface area (Å²) >= 11 is 12.6. The molecule has 248 valence electrons. The zero-order chi connectivity index (χ0) is 32.5. The number of fused-ring (bicyclic) bond motifs is 1. The molecule has 2 unspecified atom stereocenters. The molecule has 0 saturated carbocycles. The number of likely N-dealkylation sites (tertiary alicyclic amines) is 2. The Morgan fingerprint density at radius 1 is 1.00 bits per heavy atom. The van der Waals surface area contributed by atoms with E-state index < -0.39 is 16.2 Å². The van der Waals surface area contributed by atoms with E-state index in [1.807, 2.05) is 29.2 Å². The predicted octanol–water partition coefficient (Wildman–Crippen LogP) is 3.90. The molecule has 3 saturated heterocycles. The minimum absolute atomic E-state index is 0.00269. The van der Waals surface area contributed by atoms with Crippen LogP contribution < -0.4 is 10.4 Å². The second kappa shape index (κ2) is 13.8. The molecule has 3 amide bonds. The number of urea groups is 1. The van der Waals surface area contributed by atoms with E-state index in [2.05, 4.69) is 27.1 Å². The molecule has 0 aromatic heterocycles. The summed E-state index contributed by atoms with van der Waals surface area (Å²) in [6, 6.07) is 13.0. The highest BCUT2D eigenvalue weighted by Gasteiger charge is 2.61. The number of anilines is 1. The van der Waals surface area contributed by atoms with Crippen molar-refractivity contribution in [2.24, 2.45) is 0 Å². The maximum atomic E-state index is 13.7. The Morgan fingerprint density at radius 2 is 1.74 bits per heavy atom. The fourth-order valence-corrected chi connectivity index (χ4v) is 8.84. The summed E-state index contributed by atoms with van der Waals surface area (Å²) in [5.74, 6) is 0. The van der Waals surface area contributed by atoms with Crippen molar-refractivity contribution in [1.82, 2.24) is 19.6 Å². The molecule has 2 aromatic rings. The molecule has 4 aliphatic rings. The van der Waals surface area contributed by atoms with Crippen molar-refractivity contribution in [1.29, 1.82) is 0 Å². The normalized spacial score (nSPS) is 28.7.